The smallest absolute Gasteiger partial charge is 0.106 e. The monoisotopic (exact) mass is 199 g/mol. The van der Waals surface area contributed by atoms with Crippen molar-refractivity contribution in [1.82, 2.24) is 10.3 Å². The summed E-state index contributed by atoms with van der Waals surface area (Å²) in [6, 6.07) is 0. The molecule has 0 aliphatic carbocycles. The van der Waals surface area contributed by atoms with Gasteiger partial charge in [-0.2, -0.15) is 0 Å². The molecule has 0 amide bonds. The molecule has 0 unspecified atom stereocenters. The summed E-state index contributed by atoms with van der Waals surface area (Å²) in [4.78, 5) is 4.17. The summed E-state index contributed by atoms with van der Waals surface area (Å²) in [6.45, 7) is 5.88. The Balaban J connectivity index is 2.09. The molecule has 0 spiro atoms. The first-order valence-corrected chi connectivity index (χ1v) is 5.34. The number of hydrogen-bond donors (Lipinski definition) is 2. The lowest BCUT2D eigenvalue weighted by Gasteiger charge is -2.17. The molecular formula is C9H17N3S. The fourth-order valence-corrected chi connectivity index (χ4v) is 1.53. The summed E-state index contributed by atoms with van der Waals surface area (Å²) in [5.74, 6) is 0. The molecule has 0 bridgehead atoms. The third kappa shape index (κ3) is 4.98. The highest BCUT2D eigenvalue weighted by molar-refractivity contribution is 7.09. The normalized spacial score (nSPS) is 11.9. The topological polar surface area (TPSA) is 50.9 Å². The molecule has 0 saturated heterocycles. The van der Waals surface area contributed by atoms with Crippen LogP contribution >= 0.6 is 11.3 Å². The van der Waals surface area contributed by atoms with E-state index in [0.717, 1.165) is 24.5 Å². The van der Waals surface area contributed by atoms with Gasteiger partial charge in [0.15, 0.2) is 0 Å². The zero-order valence-corrected chi connectivity index (χ0v) is 9.03. The van der Waals surface area contributed by atoms with E-state index >= 15 is 0 Å². The van der Waals surface area contributed by atoms with Crippen molar-refractivity contribution in [3.63, 3.8) is 0 Å². The predicted octanol–water partition coefficient (Wildman–Crippen LogP) is 1.36. The molecule has 0 atom stereocenters. The van der Waals surface area contributed by atoms with Crippen LogP contribution in [0.4, 0.5) is 0 Å². The number of hydrogen-bond acceptors (Lipinski definition) is 4. The van der Waals surface area contributed by atoms with Crippen LogP contribution in [-0.2, 0) is 6.54 Å². The highest BCUT2D eigenvalue weighted by atomic mass is 32.1. The number of nitrogens with one attached hydrogen (secondary N) is 1. The first-order chi connectivity index (χ1) is 6.08. The van der Waals surface area contributed by atoms with Crippen molar-refractivity contribution in [2.45, 2.75) is 32.4 Å². The van der Waals surface area contributed by atoms with E-state index in [1.807, 2.05) is 25.4 Å². The maximum atomic E-state index is 5.84. The summed E-state index contributed by atoms with van der Waals surface area (Å²) >= 11 is 1.68. The second-order valence-corrected chi connectivity index (χ2v) is 4.82. The third-order valence-electron chi connectivity index (χ3n) is 1.71. The van der Waals surface area contributed by atoms with Gasteiger partial charge in [-0.25, -0.2) is 4.98 Å². The number of thiazole rings is 1. The molecular weight excluding hydrogens is 182 g/mol. The Bertz CT molecular complexity index is 226. The maximum absolute atomic E-state index is 5.84. The van der Waals surface area contributed by atoms with E-state index in [4.69, 9.17) is 5.73 Å². The van der Waals surface area contributed by atoms with Gasteiger partial charge in [-0.1, -0.05) is 0 Å². The molecule has 1 heterocycles. The number of rotatable bonds is 5. The van der Waals surface area contributed by atoms with Crippen LogP contribution in [0.25, 0.3) is 0 Å². The van der Waals surface area contributed by atoms with Gasteiger partial charge in [0.2, 0.25) is 0 Å². The number of nitrogens with two attached hydrogens (primary N) is 1. The Labute approximate surface area is 83.4 Å². The third-order valence-corrected chi connectivity index (χ3v) is 2.49. The molecule has 74 valence electrons. The Morgan fingerprint density at radius 2 is 2.38 bits per heavy atom. The summed E-state index contributed by atoms with van der Waals surface area (Å²) in [5.41, 5.74) is 5.77. The second kappa shape index (κ2) is 4.69. The first-order valence-electron chi connectivity index (χ1n) is 4.46. The Kier molecular flexibility index (Phi) is 3.84. The average molecular weight is 199 g/mol. The van der Waals surface area contributed by atoms with Crippen LogP contribution < -0.4 is 11.1 Å². The largest absolute Gasteiger partial charge is 0.326 e. The van der Waals surface area contributed by atoms with Crippen LogP contribution in [0.2, 0.25) is 0 Å². The molecule has 3 nitrogen and oxygen atoms in total. The lowest BCUT2D eigenvalue weighted by molar-refractivity contribution is 0.455. The lowest BCUT2D eigenvalue weighted by Crippen LogP contribution is -2.35. The van der Waals surface area contributed by atoms with Gasteiger partial charge in [-0.15, -0.1) is 11.3 Å². The molecule has 0 aliphatic rings. The molecule has 13 heavy (non-hydrogen) atoms. The lowest BCUT2D eigenvalue weighted by atomic mass is 10.0. The molecule has 1 rings (SSSR count). The van der Waals surface area contributed by atoms with E-state index in [9.17, 15) is 0 Å². The fraction of sp³-hybridized carbons (Fsp3) is 0.667. The molecule has 0 fully saturated rings. The van der Waals surface area contributed by atoms with E-state index in [1.54, 1.807) is 11.3 Å². The fourth-order valence-electron chi connectivity index (χ4n) is 0.946. The second-order valence-electron chi connectivity index (χ2n) is 3.84. The quantitative estimate of drug-likeness (QED) is 0.704. The summed E-state index contributed by atoms with van der Waals surface area (Å²) in [6.07, 6.45) is 2.81. The Hall–Kier alpha value is -0.450. The number of nitrogens with zero attached hydrogens (tertiary/aromatic N) is 1. The van der Waals surface area contributed by atoms with E-state index in [1.165, 1.54) is 0 Å². The number of aromatic nitrogens is 1. The molecule has 1 aromatic rings. The van der Waals surface area contributed by atoms with Crippen LogP contribution in [-0.4, -0.2) is 17.1 Å². The van der Waals surface area contributed by atoms with Crippen LogP contribution in [0, 0.1) is 0 Å². The summed E-state index contributed by atoms with van der Waals surface area (Å²) in [5, 5.41) is 6.44. The van der Waals surface area contributed by atoms with Crippen molar-refractivity contribution in [1.29, 1.82) is 0 Å². The minimum Gasteiger partial charge on any atom is -0.326 e. The maximum Gasteiger partial charge on any atom is 0.106 e. The zero-order valence-electron chi connectivity index (χ0n) is 8.21. The van der Waals surface area contributed by atoms with Gasteiger partial charge in [0.05, 0.1) is 0 Å². The minimum atomic E-state index is -0.0735. The minimum absolute atomic E-state index is 0.0735. The molecule has 0 radical (unpaired) electrons. The van der Waals surface area contributed by atoms with Crippen molar-refractivity contribution < 1.29 is 0 Å². The van der Waals surface area contributed by atoms with Gasteiger partial charge in [0.25, 0.3) is 0 Å². The summed E-state index contributed by atoms with van der Waals surface area (Å²) < 4.78 is 0. The van der Waals surface area contributed by atoms with Crippen LogP contribution in [0.15, 0.2) is 11.6 Å². The van der Waals surface area contributed by atoms with E-state index in [0.29, 0.717) is 0 Å². The van der Waals surface area contributed by atoms with Gasteiger partial charge >= 0.3 is 0 Å². The molecule has 3 N–H and O–H groups in total. The molecule has 0 saturated carbocycles. The van der Waals surface area contributed by atoms with E-state index in [2.05, 4.69) is 10.3 Å². The highest BCUT2D eigenvalue weighted by Crippen LogP contribution is 2.04. The molecule has 4 heteroatoms. The van der Waals surface area contributed by atoms with Gasteiger partial charge in [0.1, 0.15) is 5.01 Å². The summed E-state index contributed by atoms with van der Waals surface area (Å²) in [7, 11) is 0. The SMILES string of the molecule is CC(C)(N)CCNCc1nccs1. The first kappa shape index (κ1) is 10.6. The average Bonchev–Trinajstić information content (AvgIpc) is 2.48. The van der Waals surface area contributed by atoms with Crippen LogP contribution in [0.5, 0.6) is 0 Å². The Morgan fingerprint density at radius 1 is 1.62 bits per heavy atom. The highest BCUT2D eigenvalue weighted by Gasteiger charge is 2.08. The van der Waals surface area contributed by atoms with Crippen molar-refractivity contribution in [2.75, 3.05) is 6.54 Å². The standard InChI is InChI=1S/C9H17N3S/c1-9(2,10)3-4-11-7-8-12-5-6-13-8/h5-6,11H,3-4,7,10H2,1-2H3. The van der Waals surface area contributed by atoms with Crippen LogP contribution in [0.1, 0.15) is 25.3 Å². The van der Waals surface area contributed by atoms with Gasteiger partial charge in [-0.3, -0.25) is 0 Å². The van der Waals surface area contributed by atoms with E-state index < -0.39 is 0 Å². The van der Waals surface area contributed by atoms with Crippen molar-refractivity contribution in [3.8, 4) is 0 Å². The van der Waals surface area contributed by atoms with Crippen LogP contribution in [0.3, 0.4) is 0 Å². The van der Waals surface area contributed by atoms with E-state index in [-0.39, 0.29) is 5.54 Å². The van der Waals surface area contributed by atoms with Crippen molar-refractivity contribution in [2.24, 2.45) is 5.73 Å². The molecule has 0 aromatic carbocycles. The zero-order chi connectivity index (χ0) is 9.73. The predicted molar refractivity (Wildman–Crippen MR) is 56.7 cm³/mol. The van der Waals surface area contributed by atoms with Gasteiger partial charge in [-0.05, 0) is 26.8 Å². The molecule has 0 aliphatic heterocycles. The van der Waals surface area contributed by atoms with Gasteiger partial charge in [0, 0.05) is 23.7 Å². The van der Waals surface area contributed by atoms with Crippen molar-refractivity contribution in [3.05, 3.63) is 16.6 Å². The van der Waals surface area contributed by atoms with Crippen molar-refractivity contribution >= 4 is 11.3 Å². The Morgan fingerprint density at radius 3 is 2.92 bits per heavy atom. The molecule has 1 aromatic heterocycles. The van der Waals surface area contributed by atoms with Gasteiger partial charge < -0.3 is 11.1 Å².